The lowest BCUT2D eigenvalue weighted by atomic mass is 10.1. The summed E-state index contributed by atoms with van der Waals surface area (Å²) in [6.45, 7) is 1.12. The molecule has 0 unspecified atom stereocenters. The Labute approximate surface area is 115 Å². The smallest absolute Gasteiger partial charge is 0.255 e. The molecule has 2 fully saturated rings. The van der Waals surface area contributed by atoms with Crippen LogP contribution in [-0.2, 0) is 4.74 Å². The molecule has 1 saturated heterocycles. The van der Waals surface area contributed by atoms with Gasteiger partial charge < -0.3 is 9.64 Å². The highest BCUT2D eigenvalue weighted by molar-refractivity contribution is 6.30. The standard InChI is InChI=1S/C13H14ClFN2O2/c14-9-6-8(7-16-12(9)15)13(18)17-4-5-19-11-3-1-2-10(11)17/h6-7,10-11H,1-5H2/t10-,11+/m0/s1. The number of carbonyl (C=O) groups is 1. The third kappa shape index (κ3) is 2.32. The molecule has 3 rings (SSSR count). The molecule has 1 aromatic rings. The van der Waals surface area contributed by atoms with Gasteiger partial charge in [0, 0.05) is 12.7 Å². The van der Waals surface area contributed by atoms with Crippen molar-refractivity contribution >= 4 is 17.5 Å². The molecule has 102 valence electrons. The number of hydrogen-bond donors (Lipinski definition) is 0. The molecule has 4 nitrogen and oxygen atoms in total. The monoisotopic (exact) mass is 284 g/mol. The largest absolute Gasteiger partial charge is 0.374 e. The molecular formula is C13H14ClFN2O2. The number of aromatic nitrogens is 1. The van der Waals surface area contributed by atoms with Crippen molar-refractivity contribution in [2.45, 2.75) is 31.4 Å². The first-order valence-electron chi connectivity index (χ1n) is 6.40. The van der Waals surface area contributed by atoms with Crippen molar-refractivity contribution in [2.24, 2.45) is 0 Å². The van der Waals surface area contributed by atoms with Crippen LogP contribution in [0.5, 0.6) is 0 Å². The van der Waals surface area contributed by atoms with Crippen LogP contribution in [-0.4, -0.2) is 41.1 Å². The van der Waals surface area contributed by atoms with Crippen molar-refractivity contribution in [3.8, 4) is 0 Å². The molecule has 2 aliphatic rings. The van der Waals surface area contributed by atoms with Gasteiger partial charge in [-0.25, -0.2) is 4.98 Å². The van der Waals surface area contributed by atoms with Gasteiger partial charge in [0.05, 0.1) is 29.3 Å². The van der Waals surface area contributed by atoms with E-state index in [-0.39, 0.29) is 23.1 Å². The zero-order valence-electron chi connectivity index (χ0n) is 10.3. The molecule has 0 N–H and O–H groups in total. The van der Waals surface area contributed by atoms with Crippen molar-refractivity contribution in [2.75, 3.05) is 13.2 Å². The summed E-state index contributed by atoms with van der Waals surface area (Å²) >= 11 is 5.68. The molecule has 1 amide bonds. The first kappa shape index (κ1) is 12.8. The van der Waals surface area contributed by atoms with Gasteiger partial charge in [0.25, 0.3) is 5.91 Å². The molecule has 0 spiro atoms. The van der Waals surface area contributed by atoms with E-state index >= 15 is 0 Å². The topological polar surface area (TPSA) is 42.4 Å². The highest BCUT2D eigenvalue weighted by Crippen LogP contribution is 2.30. The summed E-state index contributed by atoms with van der Waals surface area (Å²) in [5, 5.41) is -0.123. The Morgan fingerprint density at radius 3 is 3.16 bits per heavy atom. The molecule has 1 saturated carbocycles. The van der Waals surface area contributed by atoms with E-state index in [9.17, 15) is 9.18 Å². The van der Waals surface area contributed by atoms with Gasteiger partial charge in [-0.1, -0.05) is 11.6 Å². The fraction of sp³-hybridized carbons (Fsp3) is 0.538. The van der Waals surface area contributed by atoms with E-state index in [1.807, 2.05) is 4.90 Å². The van der Waals surface area contributed by atoms with Crippen LogP contribution in [0.1, 0.15) is 29.6 Å². The van der Waals surface area contributed by atoms with E-state index < -0.39 is 5.95 Å². The average molecular weight is 285 g/mol. The molecule has 19 heavy (non-hydrogen) atoms. The summed E-state index contributed by atoms with van der Waals surface area (Å²) in [4.78, 5) is 17.8. The Morgan fingerprint density at radius 2 is 2.37 bits per heavy atom. The molecule has 0 aromatic carbocycles. The van der Waals surface area contributed by atoms with Crippen LogP contribution in [0, 0.1) is 5.95 Å². The predicted molar refractivity (Wildman–Crippen MR) is 67.6 cm³/mol. The number of rotatable bonds is 1. The minimum Gasteiger partial charge on any atom is -0.374 e. The molecule has 1 aliphatic carbocycles. The molecule has 6 heteroatoms. The quantitative estimate of drug-likeness (QED) is 0.743. The minimum atomic E-state index is -0.751. The fourth-order valence-electron chi connectivity index (χ4n) is 2.88. The Morgan fingerprint density at radius 1 is 1.53 bits per heavy atom. The first-order chi connectivity index (χ1) is 9.16. The number of halogens is 2. The third-order valence-electron chi connectivity index (χ3n) is 3.79. The maximum atomic E-state index is 13.0. The Kier molecular flexibility index (Phi) is 3.41. The van der Waals surface area contributed by atoms with E-state index in [0.29, 0.717) is 18.7 Å². The number of pyridine rings is 1. The van der Waals surface area contributed by atoms with Gasteiger partial charge in [-0.05, 0) is 25.3 Å². The Balaban J connectivity index is 1.84. The van der Waals surface area contributed by atoms with E-state index in [4.69, 9.17) is 16.3 Å². The molecule has 1 aliphatic heterocycles. The number of amides is 1. The zero-order chi connectivity index (χ0) is 13.4. The lowest BCUT2D eigenvalue weighted by Gasteiger charge is -2.37. The molecule has 0 radical (unpaired) electrons. The summed E-state index contributed by atoms with van der Waals surface area (Å²) in [5.74, 6) is -0.895. The number of morpholine rings is 1. The summed E-state index contributed by atoms with van der Waals surface area (Å²) in [7, 11) is 0. The molecule has 0 bridgehead atoms. The summed E-state index contributed by atoms with van der Waals surface area (Å²) in [6, 6.07) is 1.47. The van der Waals surface area contributed by atoms with Gasteiger partial charge in [-0.2, -0.15) is 4.39 Å². The number of fused-ring (bicyclic) bond motifs is 1. The van der Waals surface area contributed by atoms with Gasteiger partial charge in [-0.15, -0.1) is 0 Å². The van der Waals surface area contributed by atoms with Gasteiger partial charge in [-0.3, -0.25) is 4.79 Å². The summed E-state index contributed by atoms with van der Waals surface area (Å²) < 4.78 is 18.7. The first-order valence-corrected chi connectivity index (χ1v) is 6.78. The average Bonchev–Trinajstić information content (AvgIpc) is 2.89. The second-order valence-electron chi connectivity index (χ2n) is 4.90. The lowest BCUT2D eigenvalue weighted by molar-refractivity contribution is -0.0445. The van der Waals surface area contributed by atoms with Crippen LogP contribution in [0.3, 0.4) is 0 Å². The van der Waals surface area contributed by atoms with Gasteiger partial charge in [0.1, 0.15) is 0 Å². The van der Waals surface area contributed by atoms with Gasteiger partial charge >= 0.3 is 0 Å². The summed E-state index contributed by atoms with van der Waals surface area (Å²) in [6.07, 6.45) is 4.40. The van der Waals surface area contributed by atoms with Gasteiger partial charge in [0.15, 0.2) is 0 Å². The van der Waals surface area contributed by atoms with Crippen LogP contribution in [0.2, 0.25) is 5.02 Å². The Hall–Kier alpha value is -1.20. The van der Waals surface area contributed by atoms with Crippen LogP contribution in [0.15, 0.2) is 12.3 Å². The number of carbonyl (C=O) groups excluding carboxylic acids is 1. The van der Waals surface area contributed by atoms with E-state index in [2.05, 4.69) is 4.98 Å². The predicted octanol–water partition coefficient (Wildman–Crippen LogP) is 2.27. The van der Waals surface area contributed by atoms with Crippen molar-refractivity contribution in [1.29, 1.82) is 0 Å². The van der Waals surface area contributed by atoms with Crippen molar-refractivity contribution in [3.63, 3.8) is 0 Å². The highest BCUT2D eigenvalue weighted by Gasteiger charge is 2.38. The van der Waals surface area contributed by atoms with Gasteiger partial charge in [0.2, 0.25) is 5.95 Å². The van der Waals surface area contributed by atoms with E-state index in [1.54, 1.807) is 0 Å². The SMILES string of the molecule is O=C(c1cnc(F)c(Cl)c1)N1CCO[C@@H]2CCC[C@@H]21. The molecule has 1 aromatic heterocycles. The van der Waals surface area contributed by atoms with Crippen molar-refractivity contribution < 1.29 is 13.9 Å². The fourth-order valence-corrected chi connectivity index (χ4v) is 3.05. The van der Waals surface area contributed by atoms with Crippen molar-refractivity contribution in [3.05, 3.63) is 28.8 Å². The third-order valence-corrected chi connectivity index (χ3v) is 4.05. The van der Waals surface area contributed by atoms with Crippen LogP contribution in [0.25, 0.3) is 0 Å². The second kappa shape index (κ2) is 5.06. The van der Waals surface area contributed by atoms with Crippen LogP contribution >= 0.6 is 11.6 Å². The molecule has 2 atom stereocenters. The minimum absolute atomic E-state index is 0.123. The van der Waals surface area contributed by atoms with E-state index in [1.165, 1.54) is 12.3 Å². The maximum absolute atomic E-state index is 13.0. The number of ether oxygens (including phenoxy) is 1. The highest BCUT2D eigenvalue weighted by atomic mass is 35.5. The summed E-state index contributed by atoms with van der Waals surface area (Å²) in [5.41, 5.74) is 0.332. The normalized spacial score (nSPS) is 26.3. The van der Waals surface area contributed by atoms with Crippen LogP contribution < -0.4 is 0 Å². The second-order valence-corrected chi connectivity index (χ2v) is 5.31. The van der Waals surface area contributed by atoms with E-state index in [0.717, 1.165) is 19.3 Å². The zero-order valence-corrected chi connectivity index (χ0v) is 11.1. The number of nitrogens with zero attached hydrogens (tertiary/aromatic N) is 2. The Bertz CT molecular complexity index is 511. The molecular weight excluding hydrogens is 271 g/mol. The number of hydrogen-bond acceptors (Lipinski definition) is 3. The van der Waals surface area contributed by atoms with Crippen molar-refractivity contribution in [1.82, 2.24) is 9.88 Å². The lowest BCUT2D eigenvalue weighted by Crippen LogP contribution is -2.51. The maximum Gasteiger partial charge on any atom is 0.255 e. The molecule has 2 heterocycles. The van der Waals surface area contributed by atoms with Crippen LogP contribution in [0.4, 0.5) is 4.39 Å².